The fourth-order valence-electron chi connectivity index (χ4n) is 0.937. The molecule has 0 radical (unpaired) electrons. The lowest BCUT2D eigenvalue weighted by atomic mass is 10.3. The van der Waals surface area contributed by atoms with Crippen LogP contribution in [0.3, 0.4) is 0 Å². The normalized spacial score (nSPS) is 12.4. The largest absolute Gasteiger partial charge is 0.508 e. The Morgan fingerprint density at radius 2 is 2.31 bits per heavy atom. The number of hydrogen-bond donors (Lipinski definition) is 2. The Kier molecular flexibility index (Phi) is 3.76. The number of nitrogens with one attached hydrogen (secondary N) is 1. The van der Waals surface area contributed by atoms with Gasteiger partial charge in [0.15, 0.2) is 0 Å². The number of anilines is 1. The summed E-state index contributed by atoms with van der Waals surface area (Å²) in [7, 11) is -1.04. The van der Waals surface area contributed by atoms with Gasteiger partial charge in [0.1, 0.15) is 16.7 Å². The number of phenolic OH excluding ortho intramolecular Hbond substituents is 1. The Labute approximate surface area is 80.4 Å². The quantitative estimate of drug-likeness (QED) is 0.777. The highest BCUT2D eigenvalue weighted by atomic mass is 32.2. The molecule has 3 nitrogen and oxygen atoms in total. The third-order valence-corrected chi connectivity index (χ3v) is 2.71. The Balaban J connectivity index is 2.58. The smallest absolute Gasteiger partial charge is 0.117 e. The summed E-state index contributed by atoms with van der Waals surface area (Å²) in [4.78, 5) is 0. The van der Waals surface area contributed by atoms with Crippen LogP contribution in [0.4, 0.5) is 5.69 Å². The second-order valence-electron chi connectivity index (χ2n) is 2.70. The molecule has 72 valence electrons. The van der Waals surface area contributed by atoms with Crippen molar-refractivity contribution in [3.8, 4) is 5.75 Å². The van der Waals surface area contributed by atoms with Crippen molar-refractivity contribution in [2.45, 2.75) is 13.3 Å². The molecule has 0 saturated heterocycles. The zero-order valence-corrected chi connectivity index (χ0v) is 8.30. The molecule has 0 heterocycles. The van der Waals surface area contributed by atoms with Crippen LogP contribution in [-0.4, -0.2) is 15.1 Å². The van der Waals surface area contributed by atoms with E-state index in [0.717, 1.165) is 6.42 Å². The summed E-state index contributed by atoms with van der Waals surface area (Å²) in [5.74, 6) is 0.800. The molecule has 0 amide bonds. The second-order valence-corrected chi connectivity index (χ2v) is 4.01. The van der Waals surface area contributed by atoms with Gasteiger partial charge in [-0.1, -0.05) is 13.0 Å². The highest BCUT2D eigenvalue weighted by Gasteiger charge is 1.98. The minimum atomic E-state index is -1.04. The summed E-state index contributed by atoms with van der Waals surface area (Å²) in [5.41, 5.74) is 0.687. The molecule has 0 aliphatic carbocycles. The number of benzene rings is 1. The van der Waals surface area contributed by atoms with Gasteiger partial charge in [-0.2, -0.15) is 0 Å². The summed E-state index contributed by atoms with van der Waals surface area (Å²) in [5, 5.41) is 9.12. The number of hydrogen-bond acceptors (Lipinski definition) is 2. The predicted molar refractivity (Wildman–Crippen MR) is 55.0 cm³/mol. The van der Waals surface area contributed by atoms with Crippen LogP contribution >= 0.6 is 0 Å². The van der Waals surface area contributed by atoms with Crippen molar-refractivity contribution in [2.24, 2.45) is 0 Å². The number of phenols is 1. The molecule has 1 rings (SSSR count). The summed E-state index contributed by atoms with van der Waals surface area (Å²) in [6.07, 6.45) is 0.873. The van der Waals surface area contributed by atoms with Crippen molar-refractivity contribution in [3.63, 3.8) is 0 Å². The van der Waals surface area contributed by atoms with E-state index in [-0.39, 0.29) is 5.75 Å². The van der Waals surface area contributed by atoms with Crippen molar-refractivity contribution in [2.75, 3.05) is 10.5 Å². The lowest BCUT2D eigenvalue weighted by Gasteiger charge is -2.04. The topological polar surface area (TPSA) is 49.3 Å². The van der Waals surface area contributed by atoms with Crippen LogP contribution in [0.5, 0.6) is 5.75 Å². The maximum atomic E-state index is 11.2. The van der Waals surface area contributed by atoms with Gasteiger partial charge in [0.05, 0.1) is 0 Å². The molecule has 0 fully saturated rings. The molecule has 4 heteroatoms. The molecule has 0 aliphatic heterocycles. The standard InChI is InChI=1S/C9H13NO2S/c1-2-6-13(12)10-8-4-3-5-9(11)7-8/h3-5,7,10-11H,2,6H2,1H3. The van der Waals surface area contributed by atoms with E-state index in [4.69, 9.17) is 5.11 Å². The van der Waals surface area contributed by atoms with Gasteiger partial charge >= 0.3 is 0 Å². The minimum Gasteiger partial charge on any atom is -0.508 e. The van der Waals surface area contributed by atoms with E-state index in [1.165, 1.54) is 0 Å². The van der Waals surface area contributed by atoms with E-state index in [1.807, 2.05) is 6.92 Å². The molecular formula is C9H13NO2S. The number of aromatic hydroxyl groups is 1. The Bertz CT molecular complexity index is 301. The first-order valence-corrected chi connectivity index (χ1v) is 5.48. The van der Waals surface area contributed by atoms with Crippen LogP contribution in [0.25, 0.3) is 0 Å². The van der Waals surface area contributed by atoms with Crippen LogP contribution in [0.2, 0.25) is 0 Å². The van der Waals surface area contributed by atoms with Crippen LogP contribution in [0.15, 0.2) is 24.3 Å². The second kappa shape index (κ2) is 4.87. The zero-order chi connectivity index (χ0) is 9.68. The Morgan fingerprint density at radius 3 is 2.92 bits per heavy atom. The van der Waals surface area contributed by atoms with Crippen LogP contribution in [0.1, 0.15) is 13.3 Å². The fraction of sp³-hybridized carbons (Fsp3) is 0.333. The van der Waals surface area contributed by atoms with Crippen molar-refractivity contribution in [1.29, 1.82) is 0 Å². The van der Waals surface area contributed by atoms with Gasteiger partial charge in [0.2, 0.25) is 0 Å². The average Bonchev–Trinajstić information content (AvgIpc) is 2.04. The third kappa shape index (κ3) is 3.46. The maximum absolute atomic E-state index is 11.2. The molecule has 0 aliphatic rings. The van der Waals surface area contributed by atoms with Crippen LogP contribution in [-0.2, 0) is 11.0 Å². The van der Waals surface area contributed by atoms with Gasteiger partial charge in [-0.25, -0.2) is 4.21 Å². The molecule has 2 N–H and O–H groups in total. The van der Waals surface area contributed by atoms with Gasteiger partial charge in [-0.15, -0.1) is 0 Å². The highest BCUT2D eigenvalue weighted by Crippen LogP contribution is 2.15. The average molecular weight is 199 g/mol. The number of rotatable bonds is 4. The van der Waals surface area contributed by atoms with Gasteiger partial charge in [0, 0.05) is 17.5 Å². The van der Waals surface area contributed by atoms with Gasteiger partial charge in [0.25, 0.3) is 0 Å². The first-order chi connectivity index (χ1) is 6.22. The van der Waals surface area contributed by atoms with E-state index in [1.54, 1.807) is 24.3 Å². The van der Waals surface area contributed by atoms with E-state index >= 15 is 0 Å². The fourth-order valence-corrected chi connectivity index (χ4v) is 1.80. The monoisotopic (exact) mass is 199 g/mol. The SMILES string of the molecule is CCCS(=O)Nc1cccc(O)c1. The van der Waals surface area contributed by atoms with E-state index in [0.29, 0.717) is 11.4 Å². The lowest BCUT2D eigenvalue weighted by molar-refractivity contribution is 0.475. The van der Waals surface area contributed by atoms with E-state index < -0.39 is 11.0 Å². The lowest BCUT2D eigenvalue weighted by Crippen LogP contribution is -2.07. The van der Waals surface area contributed by atoms with Crippen molar-refractivity contribution < 1.29 is 9.32 Å². The van der Waals surface area contributed by atoms with Crippen molar-refractivity contribution in [3.05, 3.63) is 24.3 Å². The van der Waals surface area contributed by atoms with Crippen molar-refractivity contribution >= 4 is 16.7 Å². The Morgan fingerprint density at radius 1 is 1.54 bits per heavy atom. The highest BCUT2D eigenvalue weighted by molar-refractivity contribution is 7.86. The predicted octanol–water partition coefficient (Wildman–Crippen LogP) is 1.88. The van der Waals surface area contributed by atoms with Gasteiger partial charge < -0.3 is 9.83 Å². The first kappa shape index (κ1) is 10.1. The van der Waals surface area contributed by atoms with Gasteiger partial charge in [-0.3, -0.25) is 0 Å². The molecule has 1 unspecified atom stereocenters. The summed E-state index contributed by atoms with van der Waals surface area (Å²) >= 11 is 0. The summed E-state index contributed by atoms with van der Waals surface area (Å²) in [6.45, 7) is 1.97. The molecule has 13 heavy (non-hydrogen) atoms. The molecule has 0 saturated carbocycles. The minimum absolute atomic E-state index is 0.179. The zero-order valence-electron chi connectivity index (χ0n) is 7.49. The molecular weight excluding hydrogens is 186 g/mol. The molecule has 1 aromatic carbocycles. The van der Waals surface area contributed by atoms with Crippen LogP contribution in [0, 0.1) is 0 Å². The molecule has 0 aromatic heterocycles. The molecule has 0 spiro atoms. The Hall–Kier alpha value is -1.03. The maximum Gasteiger partial charge on any atom is 0.117 e. The summed E-state index contributed by atoms with van der Waals surface area (Å²) < 4.78 is 14.0. The third-order valence-electron chi connectivity index (χ3n) is 1.47. The van der Waals surface area contributed by atoms with Crippen LogP contribution < -0.4 is 4.72 Å². The first-order valence-electron chi connectivity index (χ1n) is 4.16. The van der Waals surface area contributed by atoms with Crippen molar-refractivity contribution in [1.82, 2.24) is 0 Å². The summed E-state index contributed by atoms with van der Waals surface area (Å²) in [6, 6.07) is 6.61. The van der Waals surface area contributed by atoms with Gasteiger partial charge in [-0.05, 0) is 18.6 Å². The molecule has 0 bridgehead atoms. The molecule has 1 aromatic rings. The van der Waals surface area contributed by atoms with E-state index in [9.17, 15) is 4.21 Å². The molecule has 1 atom stereocenters. The van der Waals surface area contributed by atoms with E-state index in [2.05, 4.69) is 4.72 Å².